The van der Waals surface area contributed by atoms with Gasteiger partial charge in [-0.25, -0.2) is 0 Å². The summed E-state index contributed by atoms with van der Waals surface area (Å²) < 4.78 is 29.7. The van der Waals surface area contributed by atoms with E-state index in [1.54, 1.807) is 4.90 Å². The second-order valence-electron chi connectivity index (χ2n) is 9.96. The molecule has 5 rings (SSSR count). The second-order valence-corrected chi connectivity index (χ2v) is 9.96. The number of hydrogen-bond acceptors (Lipinski definition) is 5. The average molecular weight is 397 g/mol. The molecule has 0 spiro atoms. The summed E-state index contributed by atoms with van der Waals surface area (Å²) in [6.45, 7) is 1.67. The van der Waals surface area contributed by atoms with E-state index in [0.717, 1.165) is 25.2 Å². The number of fused-ring (bicyclic) bond motifs is 6. The van der Waals surface area contributed by atoms with Crippen molar-refractivity contribution in [3.05, 3.63) is 0 Å². The molecule has 6 nitrogen and oxygen atoms in total. The Morgan fingerprint density at radius 2 is 1.39 bits per heavy atom. The van der Waals surface area contributed by atoms with E-state index in [0.29, 0.717) is 48.7 Å². The highest BCUT2D eigenvalue weighted by atomic mass is 16.7. The Bertz CT molecular complexity index is 561. The summed E-state index contributed by atoms with van der Waals surface area (Å²) in [5, 5.41) is 0. The van der Waals surface area contributed by atoms with Crippen LogP contribution in [0.15, 0.2) is 0 Å². The van der Waals surface area contributed by atoms with Crippen molar-refractivity contribution < 1.29 is 28.6 Å². The molecular weight excluding hydrogens is 358 g/mol. The normalized spacial score (nSPS) is 55.7. The number of methoxy groups -OCH3 is 3. The predicted octanol–water partition coefficient (Wildman–Crippen LogP) is 0.742. The fourth-order valence-electron chi connectivity index (χ4n) is 8.08. The van der Waals surface area contributed by atoms with Crippen LogP contribution in [-0.4, -0.2) is 78.3 Å². The summed E-state index contributed by atoms with van der Waals surface area (Å²) in [6, 6.07) is 0.708. The molecule has 160 valence electrons. The molecule has 3 aliphatic carbocycles. The zero-order chi connectivity index (χ0) is 19.4. The van der Waals surface area contributed by atoms with Gasteiger partial charge in [0.25, 0.3) is 0 Å². The summed E-state index contributed by atoms with van der Waals surface area (Å²) in [4.78, 5) is 1.69. The van der Waals surface area contributed by atoms with Crippen molar-refractivity contribution in [2.75, 3.05) is 41.7 Å². The standard InChI is InChI=1S/C22H37NO5/c1-23-10-16-12(5-6-17(24-2)22(16)26-4)14-8-18(25-3)13-7-19-20(28-11-27-19)9-15(13)21(14)23/h12-22H,5-11H2,1-4H3/p+1. The maximum absolute atomic E-state index is 6.11. The fourth-order valence-corrected chi connectivity index (χ4v) is 8.08. The molecule has 3 saturated carbocycles. The highest BCUT2D eigenvalue weighted by molar-refractivity contribution is 5.05. The molecular formula is C22H38NO5+. The molecule has 0 aromatic heterocycles. The summed E-state index contributed by atoms with van der Waals surface area (Å²) in [5.41, 5.74) is 0. The number of ether oxygens (including phenoxy) is 5. The number of likely N-dealkylation sites (tertiary alicyclic amines) is 1. The molecule has 5 aliphatic rings. The molecule has 12 atom stereocenters. The van der Waals surface area contributed by atoms with Crippen molar-refractivity contribution in [2.24, 2.45) is 29.6 Å². The first kappa shape index (κ1) is 19.7. The molecule has 0 bridgehead atoms. The van der Waals surface area contributed by atoms with Crippen molar-refractivity contribution in [1.82, 2.24) is 0 Å². The number of nitrogens with one attached hydrogen (secondary N) is 1. The van der Waals surface area contributed by atoms with E-state index in [1.165, 1.54) is 19.4 Å². The third-order valence-electron chi connectivity index (χ3n) is 9.12. The fraction of sp³-hybridized carbons (Fsp3) is 1.00. The molecule has 2 saturated heterocycles. The van der Waals surface area contributed by atoms with Gasteiger partial charge in [0, 0.05) is 39.1 Å². The SMILES string of the molecule is COC1CC2C3CCC(OC)C(OC)C3C[NH+](C)C2C2CC3OCOC3CC12. The summed E-state index contributed by atoms with van der Waals surface area (Å²) >= 11 is 0. The number of hydrogen-bond donors (Lipinski definition) is 1. The van der Waals surface area contributed by atoms with Crippen molar-refractivity contribution in [3.8, 4) is 0 Å². The number of rotatable bonds is 3. The van der Waals surface area contributed by atoms with Gasteiger partial charge in [-0.3, -0.25) is 0 Å². The molecule has 5 fully saturated rings. The highest BCUT2D eigenvalue weighted by Gasteiger charge is 2.60. The topological polar surface area (TPSA) is 50.6 Å². The first-order valence-electron chi connectivity index (χ1n) is 11.3. The molecule has 28 heavy (non-hydrogen) atoms. The van der Waals surface area contributed by atoms with Gasteiger partial charge in [0.1, 0.15) is 6.79 Å². The number of quaternary nitrogens is 1. The van der Waals surface area contributed by atoms with Gasteiger partial charge >= 0.3 is 0 Å². The molecule has 2 heterocycles. The smallest absolute Gasteiger partial charge is 0.147 e. The minimum Gasteiger partial charge on any atom is -0.381 e. The Morgan fingerprint density at radius 1 is 0.714 bits per heavy atom. The Morgan fingerprint density at radius 3 is 2.07 bits per heavy atom. The highest BCUT2D eigenvalue weighted by Crippen LogP contribution is 2.52. The van der Waals surface area contributed by atoms with Crippen molar-refractivity contribution in [1.29, 1.82) is 0 Å². The van der Waals surface area contributed by atoms with Crippen LogP contribution < -0.4 is 4.90 Å². The lowest BCUT2D eigenvalue weighted by Crippen LogP contribution is -3.18. The van der Waals surface area contributed by atoms with Crippen LogP contribution in [-0.2, 0) is 23.7 Å². The molecule has 0 aromatic rings. The largest absolute Gasteiger partial charge is 0.381 e. The average Bonchev–Trinajstić information content (AvgIpc) is 3.17. The van der Waals surface area contributed by atoms with E-state index >= 15 is 0 Å². The third-order valence-corrected chi connectivity index (χ3v) is 9.12. The Kier molecular flexibility index (Phi) is 5.48. The molecule has 0 aromatic carbocycles. The van der Waals surface area contributed by atoms with Crippen LogP contribution in [0.2, 0.25) is 0 Å². The van der Waals surface area contributed by atoms with Crippen LogP contribution in [0.1, 0.15) is 32.1 Å². The lowest BCUT2D eigenvalue weighted by molar-refractivity contribution is -0.929. The van der Waals surface area contributed by atoms with Crippen LogP contribution >= 0.6 is 0 Å². The van der Waals surface area contributed by atoms with E-state index in [-0.39, 0.29) is 18.3 Å². The van der Waals surface area contributed by atoms with Gasteiger partial charge in [-0.2, -0.15) is 0 Å². The van der Waals surface area contributed by atoms with E-state index in [9.17, 15) is 0 Å². The lowest BCUT2D eigenvalue weighted by atomic mass is 9.54. The van der Waals surface area contributed by atoms with E-state index in [4.69, 9.17) is 23.7 Å². The van der Waals surface area contributed by atoms with Crippen LogP contribution in [0.25, 0.3) is 0 Å². The quantitative estimate of drug-likeness (QED) is 0.763. The van der Waals surface area contributed by atoms with Crippen LogP contribution in [0, 0.1) is 29.6 Å². The van der Waals surface area contributed by atoms with Gasteiger partial charge in [-0.15, -0.1) is 0 Å². The summed E-state index contributed by atoms with van der Waals surface area (Å²) in [7, 11) is 8.04. The minimum absolute atomic E-state index is 0.223. The monoisotopic (exact) mass is 396 g/mol. The zero-order valence-corrected chi connectivity index (χ0v) is 17.8. The first-order valence-corrected chi connectivity index (χ1v) is 11.3. The molecule has 1 N–H and O–H groups in total. The lowest BCUT2D eigenvalue weighted by Gasteiger charge is -2.59. The van der Waals surface area contributed by atoms with Gasteiger partial charge < -0.3 is 28.6 Å². The molecule has 0 amide bonds. The predicted molar refractivity (Wildman–Crippen MR) is 103 cm³/mol. The van der Waals surface area contributed by atoms with Gasteiger partial charge in [-0.1, -0.05) is 0 Å². The Labute approximate surface area is 169 Å². The zero-order valence-electron chi connectivity index (χ0n) is 17.8. The summed E-state index contributed by atoms with van der Waals surface area (Å²) in [6.07, 6.45) is 7.19. The Balaban J connectivity index is 1.43. The van der Waals surface area contributed by atoms with Gasteiger partial charge in [0.2, 0.25) is 0 Å². The van der Waals surface area contributed by atoms with Crippen molar-refractivity contribution >= 4 is 0 Å². The van der Waals surface area contributed by atoms with Crippen molar-refractivity contribution in [2.45, 2.75) is 68.7 Å². The van der Waals surface area contributed by atoms with Gasteiger partial charge in [0.15, 0.2) is 0 Å². The summed E-state index contributed by atoms with van der Waals surface area (Å²) in [5.74, 6) is 3.30. The molecule has 2 aliphatic heterocycles. The van der Waals surface area contributed by atoms with E-state index in [2.05, 4.69) is 7.05 Å². The Hall–Kier alpha value is -0.240. The van der Waals surface area contributed by atoms with Crippen LogP contribution in [0.5, 0.6) is 0 Å². The maximum Gasteiger partial charge on any atom is 0.147 e. The first-order chi connectivity index (χ1) is 13.7. The number of piperidine rings is 1. The molecule has 12 unspecified atom stereocenters. The maximum atomic E-state index is 6.11. The minimum atomic E-state index is 0.223. The van der Waals surface area contributed by atoms with Gasteiger partial charge in [0.05, 0.1) is 50.2 Å². The van der Waals surface area contributed by atoms with Crippen LogP contribution in [0.3, 0.4) is 0 Å². The van der Waals surface area contributed by atoms with Crippen LogP contribution in [0.4, 0.5) is 0 Å². The third kappa shape index (κ3) is 2.98. The molecule has 6 heteroatoms. The van der Waals surface area contributed by atoms with E-state index in [1.807, 2.05) is 21.3 Å². The molecule has 0 radical (unpaired) electrons. The van der Waals surface area contributed by atoms with Crippen molar-refractivity contribution in [3.63, 3.8) is 0 Å². The van der Waals surface area contributed by atoms with E-state index < -0.39 is 0 Å². The van der Waals surface area contributed by atoms with Gasteiger partial charge in [-0.05, 0) is 43.9 Å². The second kappa shape index (κ2) is 7.78.